The van der Waals surface area contributed by atoms with Crippen molar-refractivity contribution >= 4 is 44.8 Å². The van der Waals surface area contributed by atoms with E-state index < -0.39 is 15.9 Å². The maximum atomic E-state index is 13.3. The molecule has 2 heterocycles. The summed E-state index contributed by atoms with van der Waals surface area (Å²) in [7, 11) is -2.45. The topological polar surface area (TPSA) is 114 Å². The van der Waals surface area contributed by atoms with Gasteiger partial charge in [-0.05, 0) is 37.1 Å². The average Bonchev–Trinajstić information content (AvgIpc) is 3.09. The number of nitrogens with zero attached hydrogens (tertiary/aromatic N) is 1. The van der Waals surface area contributed by atoms with Crippen LogP contribution in [0, 0.1) is 0 Å². The Morgan fingerprint density at radius 2 is 1.88 bits per heavy atom. The fraction of sp³-hybridized carbons (Fsp3) is 0.364. The number of ether oxygens (including phenoxy) is 2. The number of fused-ring (bicyclic) bond motifs is 1. The van der Waals surface area contributed by atoms with Crippen molar-refractivity contribution in [2.45, 2.75) is 30.6 Å². The minimum Gasteiger partial charge on any atom is -0.495 e. The van der Waals surface area contributed by atoms with E-state index in [-0.39, 0.29) is 39.4 Å². The summed E-state index contributed by atoms with van der Waals surface area (Å²) < 4.78 is 38.8. The second-order valence-corrected chi connectivity index (χ2v) is 10.1. The summed E-state index contributed by atoms with van der Waals surface area (Å²) in [5, 5.41) is 5.51. The Hall–Kier alpha value is -2.82. The minimum absolute atomic E-state index is 0.0536. The van der Waals surface area contributed by atoms with E-state index in [1.807, 2.05) is 0 Å². The van der Waals surface area contributed by atoms with Crippen molar-refractivity contribution in [1.82, 2.24) is 4.31 Å². The van der Waals surface area contributed by atoms with Gasteiger partial charge in [0.05, 0.1) is 23.5 Å². The van der Waals surface area contributed by atoms with Gasteiger partial charge in [-0.2, -0.15) is 4.31 Å². The highest BCUT2D eigenvalue weighted by Crippen LogP contribution is 2.37. The first kappa shape index (κ1) is 23.3. The monoisotopic (exact) mass is 493 g/mol. The molecule has 0 spiro atoms. The molecule has 0 aliphatic carbocycles. The van der Waals surface area contributed by atoms with Crippen molar-refractivity contribution in [3.63, 3.8) is 0 Å². The van der Waals surface area contributed by atoms with E-state index in [2.05, 4.69) is 10.6 Å². The van der Waals surface area contributed by atoms with Crippen molar-refractivity contribution in [2.75, 3.05) is 37.4 Å². The van der Waals surface area contributed by atoms with Gasteiger partial charge in [0.25, 0.3) is 11.8 Å². The second kappa shape index (κ2) is 9.58. The summed E-state index contributed by atoms with van der Waals surface area (Å²) in [5.41, 5.74) is 0.807. The molecule has 11 heteroatoms. The zero-order chi connectivity index (χ0) is 23.6. The molecule has 33 heavy (non-hydrogen) atoms. The third-order valence-electron chi connectivity index (χ3n) is 5.56. The molecule has 2 N–H and O–H groups in total. The molecule has 2 aromatic rings. The van der Waals surface area contributed by atoms with Crippen molar-refractivity contribution in [1.29, 1.82) is 0 Å². The van der Waals surface area contributed by atoms with Crippen LogP contribution in [0.4, 0.5) is 11.4 Å². The number of benzene rings is 2. The van der Waals surface area contributed by atoms with Crippen LogP contribution < -0.4 is 20.1 Å². The Morgan fingerprint density at radius 1 is 1.15 bits per heavy atom. The summed E-state index contributed by atoms with van der Waals surface area (Å²) in [4.78, 5) is 24.4. The van der Waals surface area contributed by atoms with Gasteiger partial charge in [-0.25, -0.2) is 8.42 Å². The number of anilines is 2. The lowest BCUT2D eigenvalue weighted by Crippen LogP contribution is -2.32. The number of carbonyl (C=O) groups is 2. The predicted octanol–water partition coefficient (Wildman–Crippen LogP) is 3.50. The molecule has 0 atom stereocenters. The van der Waals surface area contributed by atoms with Crippen LogP contribution >= 0.6 is 11.6 Å². The van der Waals surface area contributed by atoms with E-state index in [4.69, 9.17) is 21.1 Å². The van der Waals surface area contributed by atoms with Crippen LogP contribution in [0.1, 0.15) is 36.0 Å². The molecule has 2 aliphatic heterocycles. The van der Waals surface area contributed by atoms with E-state index in [0.717, 1.165) is 25.7 Å². The maximum Gasteiger partial charge on any atom is 0.262 e. The van der Waals surface area contributed by atoms with Crippen LogP contribution in [0.2, 0.25) is 5.02 Å². The van der Waals surface area contributed by atoms with E-state index in [1.54, 1.807) is 0 Å². The Bertz CT molecular complexity index is 1190. The molecular formula is C22H24ClN3O6S. The van der Waals surface area contributed by atoms with Gasteiger partial charge in [0.1, 0.15) is 16.4 Å². The van der Waals surface area contributed by atoms with Gasteiger partial charge < -0.3 is 20.1 Å². The standard InChI is InChI=1S/C22H24ClN3O6S/c1-31-18-7-6-14(10-20(18)33(29,30)26-8-4-2-3-5-9-26)22(28)25-16-12-19-17(11-15(16)23)24-21(27)13-32-19/h6-7,10-12H,2-5,8-9,13H2,1H3,(H,24,27)(H,25,28). The Balaban J connectivity index is 1.62. The molecule has 1 fully saturated rings. The molecule has 9 nitrogen and oxygen atoms in total. The van der Waals surface area contributed by atoms with Crippen LogP contribution in [-0.2, 0) is 14.8 Å². The molecule has 0 radical (unpaired) electrons. The molecule has 0 saturated carbocycles. The number of hydrogen-bond donors (Lipinski definition) is 2. The van der Waals surface area contributed by atoms with Crippen LogP contribution in [0.25, 0.3) is 0 Å². The first-order valence-corrected chi connectivity index (χ1v) is 12.4. The van der Waals surface area contributed by atoms with Crippen LogP contribution in [0.15, 0.2) is 35.2 Å². The summed E-state index contributed by atoms with van der Waals surface area (Å²) in [6, 6.07) is 7.25. The highest BCUT2D eigenvalue weighted by molar-refractivity contribution is 7.89. The molecule has 0 aromatic heterocycles. The molecule has 0 unspecified atom stereocenters. The summed E-state index contributed by atoms with van der Waals surface area (Å²) >= 11 is 6.26. The van der Waals surface area contributed by atoms with Gasteiger partial charge in [0, 0.05) is 24.7 Å². The van der Waals surface area contributed by atoms with Crippen molar-refractivity contribution < 1.29 is 27.5 Å². The van der Waals surface area contributed by atoms with Gasteiger partial charge >= 0.3 is 0 Å². The van der Waals surface area contributed by atoms with Crippen molar-refractivity contribution in [2.24, 2.45) is 0 Å². The average molecular weight is 494 g/mol. The molecule has 1 saturated heterocycles. The lowest BCUT2D eigenvalue weighted by atomic mass is 10.2. The number of nitrogens with one attached hydrogen (secondary N) is 2. The molecule has 4 rings (SSSR count). The normalized spacial score (nSPS) is 16.7. The molecule has 0 bridgehead atoms. The maximum absolute atomic E-state index is 13.3. The fourth-order valence-electron chi connectivity index (χ4n) is 3.83. The number of sulfonamides is 1. The second-order valence-electron chi connectivity index (χ2n) is 7.80. The number of halogens is 1. The SMILES string of the molecule is COc1ccc(C(=O)Nc2cc3c(cc2Cl)NC(=O)CO3)cc1S(=O)(=O)N1CCCCCC1. The molecular weight excluding hydrogens is 470 g/mol. The smallest absolute Gasteiger partial charge is 0.262 e. The molecule has 2 aliphatic rings. The first-order valence-electron chi connectivity index (χ1n) is 10.6. The number of carbonyl (C=O) groups excluding carboxylic acids is 2. The van der Waals surface area contributed by atoms with E-state index in [0.29, 0.717) is 24.5 Å². The van der Waals surface area contributed by atoms with Crippen LogP contribution in [0.3, 0.4) is 0 Å². The minimum atomic E-state index is -3.84. The van der Waals surface area contributed by atoms with Crippen LogP contribution in [-0.4, -0.2) is 51.3 Å². The quantitative estimate of drug-likeness (QED) is 0.659. The third kappa shape index (κ3) is 4.92. The predicted molar refractivity (Wildman–Crippen MR) is 124 cm³/mol. The van der Waals surface area contributed by atoms with Gasteiger partial charge in [-0.1, -0.05) is 24.4 Å². The van der Waals surface area contributed by atoms with E-state index in [9.17, 15) is 18.0 Å². The Labute approximate surface area is 197 Å². The Morgan fingerprint density at radius 3 is 2.58 bits per heavy atom. The molecule has 2 amide bonds. The van der Waals surface area contributed by atoms with Crippen LogP contribution in [0.5, 0.6) is 11.5 Å². The Kier molecular flexibility index (Phi) is 6.78. The van der Waals surface area contributed by atoms with Crippen molar-refractivity contribution in [3.8, 4) is 11.5 Å². The van der Waals surface area contributed by atoms with Gasteiger partial charge in [0.2, 0.25) is 10.0 Å². The van der Waals surface area contributed by atoms with Gasteiger partial charge in [0.15, 0.2) is 6.61 Å². The van der Waals surface area contributed by atoms with Gasteiger partial charge in [-0.3, -0.25) is 9.59 Å². The summed E-state index contributed by atoms with van der Waals surface area (Å²) in [6.07, 6.45) is 3.56. The largest absolute Gasteiger partial charge is 0.495 e. The van der Waals surface area contributed by atoms with Gasteiger partial charge in [-0.15, -0.1) is 0 Å². The first-order chi connectivity index (χ1) is 15.8. The third-order valence-corrected chi connectivity index (χ3v) is 7.79. The lowest BCUT2D eigenvalue weighted by Gasteiger charge is -2.22. The zero-order valence-corrected chi connectivity index (χ0v) is 19.6. The number of rotatable bonds is 5. The van der Waals surface area contributed by atoms with Crippen molar-refractivity contribution in [3.05, 3.63) is 40.9 Å². The number of hydrogen-bond acceptors (Lipinski definition) is 6. The summed E-state index contributed by atoms with van der Waals surface area (Å²) in [5.74, 6) is -0.307. The van der Waals surface area contributed by atoms with E-state index in [1.165, 1.54) is 41.7 Å². The highest BCUT2D eigenvalue weighted by Gasteiger charge is 2.29. The fourth-order valence-corrected chi connectivity index (χ4v) is 5.74. The number of methoxy groups -OCH3 is 1. The highest BCUT2D eigenvalue weighted by atomic mass is 35.5. The van der Waals surface area contributed by atoms with E-state index >= 15 is 0 Å². The zero-order valence-electron chi connectivity index (χ0n) is 18.0. The lowest BCUT2D eigenvalue weighted by molar-refractivity contribution is -0.118. The molecule has 2 aromatic carbocycles. The number of amides is 2. The molecule has 176 valence electrons. The summed E-state index contributed by atoms with van der Waals surface area (Å²) in [6.45, 7) is 0.727.